The number of hydrogen-bond donors (Lipinski definition) is 1. The number of rotatable bonds is 4. The molecule has 94 valence electrons. The molecule has 0 fully saturated rings. The minimum atomic E-state index is -0.367. The normalized spacial score (nSPS) is 12.2. The second-order valence-electron chi connectivity index (χ2n) is 4.32. The first-order valence-electron chi connectivity index (χ1n) is 5.92. The van der Waals surface area contributed by atoms with Crippen molar-refractivity contribution < 1.29 is 9.13 Å². The maximum atomic E-state index is 13.5. The van der Waals surface area contributed by atoms with Gasteiger partial charge in [0.15, 0.2) is 11.6 Å². The van der Waals surface area contributed by atoms with E-state index in [4.69, 9.17) is 10.5 Å². The molecular formula is C15H16FNO. The van der Waals surface area contributed by atoms with Crippen LogP contribution in [0, 0.1) is 5.82 Å². The van der Waals surface area contributed by atoms with Gasteiger partial charge < -0.3 is 10.5 Å². The van der Waals surface area contributed by atoms with Crippen LogP contribution >= 0.6 is 0 Å². The first-order chi connectivity index (χ1) is 8.66. The van der Waals surface area contributed by atoms with Gasteiger partial charge in [0.25, 0.3) is 0 Å². The highest BCUT2D eigenvalue weighted by Gasteiger charge is 2.08. The van der Waals surface area contributed by atoms with Crippen LogP contribution in [0.3, 0.4) is 0 Å². The third-order valence-corrected chi connectivity index (χ3v) is 2.57. The SMILES string of the molecule is CC(N)Cc1ccccc1Oc1ccccc1F. The van der Waals surface area contributed by atoms with Crippen LogP contribution in [0.1, 0.15) is 12.5 Å². The predicted molar refractivity (Wildman–Crippen MR) is 70.3 cm³/mol. The number of halogens is 1. The molecule has 2 N–H and O–H groups in total. The Morgan fingerprint density at radius 3 is 2.33 bits per heavy atom. The summed E-state index contributed by atoms with van der Waals surface area (Å²) in [4.78, 5) is 0. The standard InChI is InChI=1S/C15H16FNO/c1-11(17)10-12-6-2-4-8-14(12)18-15-9-5-3-7-13(15)16/h2-9,11H,10,17H2,1H3. The van der Waals surface area contributed by atoms with Crippen molar-refractivity contribution in [3.63, 3.8) is 0 Å². The largest absolute Gasteiger partial charge is 0.454 e. The van der Waals surface area contributed by atoms with Gasteiger partial charge in [-0.25, -0.2) is 4.39 Å². The fourth-order valence-corrected chi connectivity index (χ4v) is 1.76. The Kier molecular flexibility index (Phi) is 3.95. The van der Waals surface area contributed by atoms with Gasteiger partial charge in [0, 0.05) is 6.04 Å². The third-order valence-electron chi connectivity index (χ3n) is 2.57. The monoisotopic (exact) mass is 245 g/mol. The minimum Gasteiger partial charge on any atom is -0.454 e. The molecule has 0 heterocycles. The molecule has 0 bridgehead atoms. The molecule has 0 saturated carbocycles. The predicted octanol–water partition coefficient (Wildman–Crippen LogP) is 3.51. The molecule has 18 heavy (non-hydrogen) atoms. The summed E-state index contributed by atoms with van der Waals surface area (Å²) in [7, 11) is 0. The maximum absolute atomic E-state index is 13.5. The van der Waals surface area contributed by atoms with E-state index in [0.29, 0.717) is 12.2 Å². The first-order valence-corrected chi connectivity index (χ1v) is 5.92. The number of benzene rings is 2. The van der Waals surface area contributed by atoms with Gasteiger partial charge in [0.05, 0.1) is 0 Å². The number of para-hydroxylation sites is 2. The molecule has 2 aromatic carbocycles. The van der Waals surface area contributed by atoms with E-state index in [2.05, 4.69) is 0 Å². The lowest BCUT2D eigenvalue weighted by Crippen LogP contribution is -2.18. The van der Waals surface area contributed by atoms with Gasteiger partial charge >= 0.3 is 0 Å². The van der Waals surface area contributed by atoms with Gasteiger partial charge in [-0.3, -0.25) is 0 Å². The van der Waals surface area contributed by atoms with Crippen molar-refractivity contribution in [1.29, 1.82) is 0 Å². The molecule has 0 aliphatic carbocycles. The van der Waals surface area contributed by atoms with E-state index < -0.39 is 0 Å². The summed E-state index contributed by atoms with van der Waals surface area (Å²) in [6, 6.07) is 14.0. The second kappa shape index (κ2) is 5.65. The van der Waals surface area contributed by atoms with E-state index in [-0.39, 0.29) is 17.6 Å². The topological polar surface area (TPSA) is 35.2 Å². The molecule has 0 aliphatic rings. The van der Waals surface area contributed by atoms with Crippen LogP contribution in [0.2, 0.25) is 0 Å². The van der Waals surface area contributed by atoms with E-state index >= 15 is 0 Å². The summed E-state index contributed by atoms with van der Waals surface area (Å²) in [6.45, 7) is 1.93. The summed E-state index contributed by atoms with van der Waals surface area (Å²) >= 11 is 0. The van der Waals surface area contributed by atoms with Crippen molar-refractivity contribution >= 4 is 0 Å². The average Bonchev–Trinajstić information content (AvgIpc) is 2.34. The molecule has 2 nitrogen and oxygen atoms in total. The zero-order valence-corrected chi connectivity index (χ0v) is 10.3. The van der Waals surface area contributed by atoms with Crippen LogP contribution in [-0.4, -0.2) is 6.04 Å². The Bertz CT molecular complexity index is 525. The van der Waals surface area contributed by atoms with Crippen molar-refractivity contribution in [2.45, 2.75) is 19.4 Å². The molecule has 0 radical (unpaired) electrons. The van der Waals surface area contributed by atoms with Crippen LogP contribution in [0.15, 0.2) is 48.5 Å². The summed E-state index contributed by atoms with van der Waals surface area (Å²) in [6.07, 6.45) is 0.699. The molecule has 1 atom stereocenters. The van der Waals surface area contributed by atoms with Crippen molar-refractivity contribution in [3.8, 4) is 11.5 Å². The van der Waals surface area contributed by atoms with Gasteiger partial charge in [-0.2, -0.15) is 0 Å². The van der Waals surface area contributed by atoms with E-state index in [0.717, 1.165) is 5.56 Å². The zero-order chi connectivity index (χ0) is 13.0. The Hall–Kier alpha value is -1.87. The van der Waals surface area contributed by atoms with Crippen LogP contribution in [0.5, 0.6) is 11.5 Å². The number of nitrogens with two attached hydrogens (primary N) is 1. The van der Waals surface area contributed by atoms with E-state index in [1.165, 1.54) is 6.07 Å². The maximum Gasteiger partial charge on any atom is 0.165 e. The Morgan fingerprint density at radius 2 is 1.67 bits per heavy atom. The van der Waals surface area contributed by atoms with Crippen molar-refractivity contribution in [1.82, 2.24) is 0 Å². The van der Waals surface area contributed by atoms with Crippen LogP contribution < -0.4 is 10.5 Å². The minimum absolute atomic E-state index is 0.0374. The fraction of sp³-hybridized carbons (Fsp3) is 0.200. The van der Waals surface area contributed by atoms with E-state index in [1.807, 2.05) is 31.2 Å². The van der Waals surface area contributed by atoms with Gasteiger partial charge in [0.2, 0.25) is 0 Å². The van der Waals surface area contributed by atoms with Crippen molar-refractivity contribution in [2.75, 3.05) is 0 Å². The highest BCUT2D eigenvalue weighted by atomic mass is 19.1. The second-order valence-corrected chi connectivity index (χ2v) is 4.32. The molecule has 2 aromatic rings. The summed E-state index contributed by atoms with van der Waals surface area (Å²) in [5.41, 5.74) is 6.77. The fourth-order valence-electron chi connectivity index (χ4n) is 1.76. The lowest BCUT2D eigenvalue weighted by molar-refractivity contribution is 0.436. The summed E-state index contributed by atoms with van der Waals surface area (Å²) < 4.78 is 19.1. The summed E-state index contributed by atoms with van der Waals surface area (Å²) in [5.74, 6) is 0.516. The quantitative estimate of drug-likeness (QED) is 0.894. The molecule has 0 amide bonds. The average molecular weight is 245 g/mol. The number of hydrogen-bond acceptors (Lipinski definition) is 2. The van der Waals surface area contributed by atoms with Crippen LogP contribution in [-0.2, 0) is 6.42 Å². The van der Waals surface area contributed by atoms with Gasteiger partial charge in [0.1, 0.15) is 5.75 Å². The smallest absolute Gasteiger partial charge is 0.165 e. The lowest BCUT2D eigenvalue weighted by Gasteiger charge is -2.13. The van der Waals surface area contributed by atoms with Gasteiger partial charge in [-0.15, -0.1) is 0 Å². The Morgan fingerprint density at radius 1 is 1.06 bits per heavy atom. The Balaban J connectivity index is 2.26. The first kappa shape index (κ1) is 12.6. The van der Waals surface area contributed by atoms with Crippen LogP contribution in [0.25, 0.3) is 0 Å². The molecule has 2 rings (SSSR count). The van der Waals surface area contributed by atoms with Gasteiger partial charge in [-0.1, -0.05) is 30.3 Å². The zero-order valence-electron chi connectivity index (χ0n) is 10.3. The number of ether oxygens (including phenoxy) is 1. The van der Waals surface area contributed by atoms with Crippen molar-refractivity contribution in [2.24, 2.45) is 5.73 Å². The molecule has 0 aliphatic heterocycles. The molecule has 0 saturated heterocycles. The molecule has 0 aromatic heterocycles. The Labute approximate surface area is 106 Å². The molecular weight excluding hydrogens is 229 g/mol. The van der Waals surface area contributed by atoms with E-state index in [9.17, 15) is 4.39 Å². The molecule has 3 heteroatoms. The summed E-state index contributed by atoms with van der Waals surface area (Å²) in [5, 5.41) is 0. The third kappa shape index (κ3) is 3.08. The highest BCUT2D eigenvalue weighted by molar-refractivity contribution is 5.38. The van der Waals surface area contributed by atoms with Gasteiger partial charge in [-0.05, 0) is 37.1 Å². The highest BCUT2D eigenvalue weighted by Crippen LogP contribution is 2.27. The molecule has 1 unspecified atom stereocenters. The molecule has 0 spiro atoms. The van der Waals surface area contributed by atoms with Crippen LogP contribution in [0.4, 0.5) is 4.39 Å². The van der Waals surface area contributed by atoms with Crippen molar-refractivity contribution in [3.05, 3.63) is 59.9 Å². The lowest BCUT2D eigenvalue weighted by atomic mass is 10.1. The van der Waals surface area contributed by atoms with E-state index in [1.54, 1.807) is 18.2 Å².